The summed E-state index contributed by atoms with van der Waals surface area (Å²) in [6, 6.07) is 7.06. The van der Waals surface area contributed by atoms with Gasteiger partial charge in [0.25, 0.3) is 0 Å². The summed E-state index contributed by atoms with van der Waals surface area (Å²) in [5.74, 6) is -1.31. The molecular formula is C18H20INO4. The summed E-state index contributed by atoms with van der Waals surface area (Å²) in [5, 5.41) is 0. The third-order valence-corrected chi connectivity index (χ3v) is 5.29. The van der Waals surface area contributed by atoms with Crippen LogP contribution in [0.3, 0.4) is 0 Å². The Morgan fingerprint density at radius 1 is 1.33 bits per heavy atom. The van der Waals surface area contributed by atoms with Gasteiger partial charge in [0, 0.05) is 16.7 Å². The van der Waals surface area contributed by atoms with Crippen molar-refractivity contribution >= 4 is 34.5 Å². The Hall–Kier alpha value is -1.67. The maximum atomic E-state index is 12.8. The molecule has 0 bridgehead atoms. The van der Waals surface area contributed by atoms with E-state index in [1.165, 1.54) is 14.2 Å². The van der Waals surface area contributed by atoms with Crippen LogP contribution in [0.1, 0.15) is 11.6 Å². The van der Waals surface area contributed by atoms with E-state index < -0.39 is 23.4 Å². The van der Waals surface area contributed by atoms with Crippen molar-refractivity contribution in [3.63, 3.8) is 0 Å². The molecule has 1 saturated heterocycles. The molecule has 5 nitrogen and oxygen atoms in total. The highest BCUT2D eigenvalue weighted by Crippen LogP contribution is 2.52. The normalized spacial score (nSPS) is 19.8. The highest BCUT2D eigenvalue weighted by molar-refractivity contribution is 14.1. The van der Waals surface area contributed by atoms with Crippen LogP contribution in [0.4, 0.5) is 0 Å². The number of likely N-dealkylation sites (tertiary alicyclic amines) is 1. The number of nitrogens with zero attached hydrogens (tertiary/aromatic N) is 1. The molecule has 0 radical (unpaired) electrons. The van der Waals surface area contributed by atoms with E-state index in [9.17, 15) is 9.59 Å². The van der Waals surface area contributed by atoms with Crippen molar-refractivity contribution in [2.24, 2.45) is 5.41 Å². The first-order valence-corrected chi connectivity index (χ1v) is 8.47. The zero-order chi connectivity index (χ0) is 17.9. The molecule has 1 aromatic rings. The quantitative estimate of drug-likeness (QED) is 0.305. The molecule has 0 amide bonds. The van der Waals surface area contributed by atoms with Crippen LogP contribution in [-0.4, -0.2) is 44.1 Å². The first-order valence-electron chi connectivity index (χ1n) is 7.39. The second-order valence-electron chi connectivity index (χ2n) is 5.54. The average molecular weight is 441 g/mol. The first kappa shape index (κ1) is 18.7. The van der Waals surface area contributed by atoms with E-state index in [2.05, 4.69) is 35.7 Å². The molecule has 0 aromatic heterocycles. The van der Waals surface area contributed by atoms with Crippen LogP contribution in [-0.2, 0) is 19.1 Å². The van der Waals surface area contributed by atoms with Crippen LogP contribution in [0.25, 0.3) is 0 Å². The second kappa shape index (κ2) is 7.48. The van der Waals surface area contributed by atoms with Gasteiger partial charge in [-0.2, -0.15) is 0 Å². The molecule has 1 fully saturated rings. The lowest BCUT2D eigenvalue weighted by Gasteiger charge is -2.34. The molecule has 0 aliphatic carbocycles. The molecule has 1 heterocycles. The predicted molar refractivity (Wildman–Crippen MR) is 99.3 cm³/mol. The summed E-state index contributed by atoms with van der Waals surface area (Å²) in [7, 11) is 2.53. The fourth-order valence-corrected chi connectivity index (χ4v) is 3.99. The Morgan fingerprint density at radius 2 is 1.92 bits per heavy atom. The number of ether oxygens (including phenoxy) is 2. The maximum absolute atomic E-state index is 12.8. The molecular weight excluding hydrogens is 421 g/mol. The Balaban J connectivity index is 2.75. The third-order valence-electron chi connectivity index (χ3n) is 4.31. The fraction of sp³-hybridized carbons (Fsp3) is 0.333. The maximum Gasteiger partial charge on any atom is 0.329 e. The standard InChI is InChI=1S/C18H20INO4/c1-5-10-20-11-12(2)18(16(21)23-3,17(22)24-4)15(20)13-8-6-7-9-14(13)19/h5-9,15H,1-2,10-11H2,3-4H3/t15-/m0/s1. The topological polar surface area (TPSA) is 55.8 Å². The number of hydrogen-bond acceptors (Lipinski definition) is 5. The van der Waals surface area contributed by atoms with Crippen LogP contribution in [0.15, 0.2) is 49.1 Å². The van der Waals surface area contributed by atoms with Gasteiger partial charge in [-0.15, -0.1) is 6.58 Å². The average Bonchev–Trinajstić information content (AvgIpc) is 2.87. The summed E-state index contributed by atoms with van der Waals surface area (Å²) in [5.41, 5.74) is -0.268. The number of carbonyl (C=O) groups is 2. The van der Waals surface area contributed by atoms with Crippen molar-refractivity contribution in [3.8, 4) is 0 Å². The predicted octanol–water partition coefficient (Wildman–Crippen LogP) is 2.72. The van der Waals surface area contributed by atoms with Gasteiger partial charge in [0.2, 0.25) is 5.41 Å². The van der Waals surface area contributed by atoms with Gasteiger partial charge in [0.15, 0.2) is 0 Å². The number of benzene rings is 1. The summed E-state index contributed by atoms with van der Waals surface area (Å²) in [6.45, 7) is 8.66. The number of esters is 2. The highest BCUT2D eigenvalue weighted by atomic mass is 127. The number of rotatable bonds is 5. The largest absolute Gasteiger partial charge is 0.468 e. The van der Waals surface area contributed by atoms with Crippen LogP contribution in [0.5, 0.6) is 0 Å². The molecule has 0 N–H and O–H groups in total. The number of hydrogen-bond donors (Lipinski definition) is 0. The molecule has 1 aliphatic rings. The molecule has 6 heteroatoms. The number of methoxy groups -OCH3 is 2. The third kappa shape index (κ3) is 2.77. The molecule has 2 rings (SSSR count). The van der Waals surface area contributed by atoms with E-state index in [1.54, 1.807) is 6.08 Å². The lowest BCUT2D eigenvalue weighted by Crippen LogP contribution is -2.47. The van der Waals surface area contributed by atoms with E-state index in [-0.39, 0.29) is 0 Å². The molecule has 1 aromatic carbocycles. The van der Waals surface area contributed by atoms with E-state index in [1.807, 2.05) is 29.2 Å². The van der Waals surface area contributed by atoms with Gasteiger partial charge in [0.05, 0.1) is 20.3 Å². The summed E-state index contributed by atoms with van der Waals surface area (Å²) < 4.78 is 10.9. The Bertz CT molecular complexity index is 669. The van der Waals surface area contributed by atoms with E-state index in [0.717, 1.165) is 9.13 Å². The molecule has 1 atom stereocenters. The smallest absolute Gasteiger partial charge is 0.329 e. The van der Waals surface area contributed by atoms with Crippen molar-refractivity contribution in [2.45, 2.75) is 6.04 Å². The Kier molecular flexibility index (Phi) is 5.82. The fourth-order valence-electron chi connectivity index (χ4n) is 3.31. The van der Waals surface area contributed by atoms with Crippen LogP contribution in [0.2, 0.25) is 0 Å². The van der Waals surface area contributed by atoms with Crippen molar-refractivity contribution in [2.75, 3.05) is 27.3 Å². The van der Waals surface area contributed by atoms with Gasteiger partial charge in [-0.05, 0) is 39.8 Å². The number of carbonyl (C=O) groups excluding carboxylic acids is 2. The van der Waals surface area contributed by atoms with E-state index in [4.69, 9.17) is 9.47 Å². The van der Waals surface area contributed by atoms with Crippen molar-refractivity contribution in [3.05, 3.63) is 58.2 Å². The van der Waals surface area contributed by atoms with Crippen LogP contribution < -0.4 is 0 Å². The number of halogens is 1. The van der Waals surface area contributed by atoms with Crippen molar-refractivity contribution < 1.29 is 19.1 Å². The Labute approximate surface area is 155 Å². The first-order chi connectivity index (χ1) is 11.4. The second-order valence-corrected chi connectivity index (χ2v) is 6.70. The zero-order valence-corrected chi connectivity index (χ0v) is 15.9. The highest BCUT2D eigenvalue weighted by Gasteiger charge is 2.63. The minimum absolute atomic E-state index is 0.381. The molecule has 0 unspecified atom stereocenters. The SMILES string of the molecule is C=CCN1CC(=C)C(C(=O)OC)(C(=O)OC)[C@@H]1c1ccccc1I. The Morgan fingerprint density at radius 3 is 2.42 bits per heavy atom. The molecule has 0 spiro atoms. The van der Waals surface area contributed by atoms with Crippen molar-refractivity contribution in [1.82, 2.24) is 4.90 Å². The van der Waals surface area contributed by atoms with Gasteiger partial charge >= 0.3 is 11.9 Å². The van der Waals surface area contributed by atoms with Gasteiger partial charge in [0.1, 0.15) is 0 Å². The molecule has 24 heavy (non-hydrogen) atoms. The minimum Gasteiger partial charge on any atom is -0.468 e. The van der Waals surface area contributed by atoms with E-state index >= 15 is 0 Å². The summed E-state index contributed by atoms with van der Waals surface area (Å²) >= 11 is 2.20. The zero-order valence-electron chi connectivity index (χ0n) is 13.8. The molecule has 0 saturated carbocycles. The monoisotopic (exact) mass is 441 g/mol. The molecule has 1 aliphatic heterocycles. The summed E-state index contributed by atoms with van der Waals surface area (Å²) in [6.07, 6.45) is 1.74. The summed E-state index contributed by atoms with van der Waals surface area (Å²) in [4.78, 5) is 27.5. The van der Waals surface area contributed by atoms with E-state index in [0.29, 0.717) is 18.7 Å². The van der Waals surface area contributed by atoms with Gasteiger partial charge in [-0.3, -0.25) is 14.5 Å². The lowest BCUT2D eigenvalue weighted by molar-refractivity contribution is -0.168. The van der Waals surface area contributed by atoms with Gasteiger partial charge in [-0.1, -0.05) is 30.9 Å². The molecule has 128 valence electrons. The van der Waals surface area contributed by atoms with Crippen LogP contribution >= 0.6 is 22.6 Å². The lowest BCUT2D eigenvalue weighted by atomic mass is 9.74. The van der Waals surface area contributed by atoms with Gasteiger partial charge in [-0.25, -0.2) is 0 Å². The van der Waals surface area contributed by atoms with Crippen molar-refractivity contribution in [1.29, 1.82) is 0 Å². The van der Waals surface area contributed by atoms with Crippen LogP contribution in [0, 0.1) is 8.99 Å². The minimum atomic E-state index is -1.59. The van der Waals surface area contributed by atoms with Gasteiger partial charge < -0.3 is 9.47 Å².